The zero-order valence-corrected chi connectivity index (χ0v) is 20.3. The van der Waals surface area contributed by atoms with Crippen molar-refractivity contribution in [2.75, 3.05) is 11.4 Å². The number of aromatic nitrogens is 4. The summed E-state index contributed by atoms with van der Waals surface area (Å²) >= 11 is 0. The quantitative estimate of drug-likeness (QED) is 0.236. The molecule has 3 rings (SSSR count). The van der Waals surface area contributed by atoms with Crippen molar-refractivity contribution >= 4 is 35.3 Å². The molecule has 37 heavy (non-hydrogen) atoms. The lowest BCUT2D eigenvalue weighted by molar-refractivity contribution is -0.132. The fourth-order valence-corrected chi connectivity index (χ4v) is 3.85. The number of benzene rings is 1. The van der Waals surface area contributed by atoms with Crippen molar-refractivity contribution in [1.82, 2.24) is 36.6 Å². The number of hydrogen-bond acceptors (Lipinski definition) is 8. The topological polar surface area (TPSA) is 199 Å². The number of aromatic amines is 1. The molecule has 0 unspecified atom stereocenters. The fourth-order valence-electron chi connectivity index (χ4n) is 3.85. The largest absolute Gasteiger partial charge is 0.478 e. The van der Waals surface area contributed by atoms with Crippen LogP contribution in [0.2, 0.25) is 0 Å². The number of tetrazole rings is 1. The number of nitrogens with zero attached hydrogens (tertiary/aromatic N) is 4. The molecular weight excluding hydrogens is 484 g/mol. The predicted molar refractivity (Wildman–Crippen MR) is 129 cm³/mol. The number of carbonyl (C=O) groups is 5. The number of H-pyrrole nitrogens is 1. The van der Waals surface area contributed by atoms with Crippen molar-refractivity contribution < 1.29 is 29.1 Å². The molecule has 0 saturated carbocycles. The van der Waals surface area contributed by atoms with Crippen LogP contribution < -0.4 is 20.9 Å². The minimum Gasteiger partial charge on any atom is -0.478 e. The van der Waals surface area contributed by atoms with E-state index >= 15 is 0 Å². The third-order valence-corrected chi connectivity index (χ3v) is 5.94. The molecule has 1 aliphatic heterocycles. The summed E-state index contributed by atoms with van der Waals surface area (Å²) in [5.74, 6) is -3.61. The molecule has 1 aromatic heterocycles. The lowest BCUT2D eigenvalue weighted by atomic mass is 9.98. The van der Waals surface area contributed by atoms with E-state index in [0.29, 0.717) is 18.2 Å². The molecule has 1 aliphatic rings. The second-order valence-electron chi connectivity index (χ2n) is 8.42. The predicted octanol–water partition coefficient (Wildman–Crippen LogP) is -0.938. The normalized spacial score (nSPS) is 16.1. The van der Waals surface area contributed by atoms with Gasteiger partial charge in [-0.3, -0.25) is 24.1 Å². The zero-order chi connectivity index (χ0) is 26.9. The van der Waals surface area contributed by atoms with Gasteiger partial charge < -0.3 is 21.1 Å². The van der Waals surface area contributed by atoms with Crippen molar-refractivity contribution in [3.8, 4) is 0 Å². The van der Waals surface area contributed by atoms with Crippen LogP contribution in [0.25, 0.3) is 0 Å². The molecule has 0 radical (unpaired) electrons. The van der Waals surface area contributed by atoms with Crippen LogP contribution in [-0.4, -0.2) is 74.0 Å². The zero-order valence-electron chi connectivity index (χ0n) is 20.3. The molecular formula is C23H28N8O6. The van der Waals surface area contributed by atoms with Gasteiger partial charge in [-0.25, -0.2) is 4.79 Å². The van der Waals surface area contributed by atoms with E-state index in [9.17, 15) is 24.0 Å². The first-order valence-electron chi connectivity index (χ1n) is 11.6. The van der Waals surface area contributed by atoms with E-state index < -0.39 is 48.2 Å². The Balaban J connectivity index is 1.69. The highest BCUT2D eigenvalue weighted by molar-refractivity contribution is 6.05. The summed E-state index contributed by atoms with van der Waals surface area (Å²) in [5.41, 5.74) is 1.36. The van der Waals surface area contributed by atoms with Crippen molar-refractivity contribution in [3.63, 3.8) is 0 Å². The maximum absolute atomic E-state index is 13.2. The van der Waals surface area contributed by atoms with Crippen molar-refractivity contribution in [2.24, 2.45) is 5.92 Å². The fraction of sp³-hybridized carbons (Fsp3) is 0.391. The Labute approximate surface area is 211 Å². The third-order valence-electron chi connectivity index (χ3n) is 5.94. The summed E-state index contributed by atoms with van der Waals surface area (Å²) < 4.78 is 0. The van der Waals surface area contributed by atoms with Crippen LogP contribution in [0.5, 0.6) is 0 Å². The highest BCUT2D eigenvalue weighted by Gasteiger charge is 2.38. The van der Waals surface area contributed by atoms with Gasteiger partial charge in [0.15, 0.2) is 5.82 Å². The number of carboxylic acid groups (broad SMARTS) is 1. The lowest BCUT2D eigenvalue weighted by Crippen LogP contribution is -2.54. The van der Waals surface area contributed by atoms with Gasteiger partial charge in [0.2, 0.25) is 23.6 Å². The van der Waals surface area contributed by atoms with Crippen LogP contribution in [0.4, 0.5) is 5.69 Å². The second-order valence-corrected chi connectivity index (χ2v) is 8.42. The Hall–Kier alpha value is -4.62. The molecule has 2 aromatic rings. The van der Waals surface area contributed by atoms with E-state index in [4.69, 9.17) is 5.11 Å². The van der Waals surface area contributed by atoms with E-state index in [1.807, 2.05) is 13.0 Å². The first kappa shape index (κ1) is 27.0. The SMILES string of the molecule is CC[C@H](C)[C@H](NC(=O)/C=C\C(=O)O)C(=O)NCC(=O)N1c2ccccc2C[C@H]1C(=O)NCc1nn[nH]n1. The number of amides is 4. The highest BCUT2D eigenvalue weighted by Crippen LogP contribution is 2.32. The second kappa shape index (κ2) is 12.4. The summed E-state index contributed by atoms with van der Waals surface area (Å²) in [6, 6.07) is 5.25. The summed E-state index contributed by atoms with van der Waals surface area (Å²) in [7, 11) is 0. The number of rotatable bonds is 11. The Morgan fingerprint density at radius 3 is 2.62 bits per heavy atom. The number of hydrogen-bond donors (Lipinski definition) is 5. The highest BCUT2D eigenvalue weighted by atomic mass is 16.4. The average Bonchev–Trinajstić information content (AvgIpc) is 3.55. The summed E-state index contributed by atoms with van der Waals surface area (Å²) in [6.45, 7) is 3.17. The molecule has 0 fully saturated rings. The van der Waals surface area contributed by atoms with E-state index in [0.717, 1.165) is 11.6 Å². The number of carboxylic acids is 1. The van der Waals surface area contributed by atoms with Crippen LogP contribution in [0.15, 0.2) is 36.4 Å². The molecule has 0 aliphatic carbocycles. The van der Waals surface area contributed by atoms with Crippen LogP contribution >= 0.6 is 0 Å². The standard InChI is InChI=1S/C23H28N8O6/c1-3-13(2)21(26-18(32)8-9-20(34)35)23(37)25-12-19(33)31-15-7-5-4-6-14(15)10-16(31)22(36)24-11-17-27-29-30-28-17/h4-9,13,16,21H,3,10-12H2,1-2H3,(H,24,36)(H,25,37)(H,26,32)(H,34,35)(H,27,28,29,30)/b9-8-/t13-,16-,21-/m0/s1. The van der Waals surface area contributed by atoms with Gasteiger partial charge >= 0.3 is 5.97 Å². The maximum Gasteiger partial charge on any atom is 0.328 e. The molecule has 196 valence electrons. The van der Waals surface area contributed by atoms with Gasteiger partial charge in [0, 0.05) is 24.3 Å². The van der Waals surface area contributed by atoms with Crippen LogP contribution in [0.3, 0.4) is 0 Å². The first-order valence-corrected chi connectivity index (χ1v) is 11.6. The molecule has 5 N–H and O–H groups in total. The van der Waals surface area contributed by atoms with E-state index in [-0.39, 0.29) is 24.7 Å². The van der Waals surface area contributed by atoms with Gasteiger partial charge in [0.1, 0.15) is 12.1 Å². The van der Waals surface area contributed by atoms with Crippen LogP contribution in [-0.2, 0) is 36.9 Å². The molecule has 4 amide bonds. The minimum atomic E-state index is -1.30. The molecule has 2 heterocycles. The number of fused-ring (bicyclic) bond motifs is 1. The Bertz CT molecular complexity index is 1180. The number of para-hydroxylation sites is 1. The molecule has 0 bridgehead atoms. The van der Waals surface area contributed by atoms with Gasteiger partial charge in [0.25, 0.3) is 0 Å². The van der Waals surface area contributed by atoms with Gasteiger partial charge in [-0.1, -0.05) is 43.7 Å². The van der Waals surface area contributed by atoms with Crippen molar-refractivity contribution in [3.05, 3.63) is 47.8 Å². The van der Waals surface area contributed by atoms with Crippen molar-refractivity contribution in [1.29, 1.82) is 0 Å². The number of anilines is 1. The molecule has 14 nitrogen and oxygen atoms in total. The smallest absolute Gasteiger partial charge is 0.328 e. The van der Waals surface area contributed by atoms with Gasteiger partial charge in [-0.15, -0.1) is 10.2 Å². The van der Waals surface area contributed by atoms with Gasteiger partial charge in [-0.05, 0) is 17.5 Å². The first-order chi connectivity index (χ1) is 17.7. The minimum absolute atomic E-state index is 0.0214. The van der Waals surface area contributed by atoms with Crippen LogP contribution in [0, 0.1) is 5.92 Å². The molecule has 1 aromatic carbocycles. The summed E-state index contributed by atoms with van der Waals surface area (Å²) in [6.07, 6.45) is 2.31. The summed E-state index contributed by atoms with van der Waals surface area (Å²) in [4.78, 5) is 63.1. The van der Waals surface area contributed by atoms with Crippen molar-refractivity contribution in [2.45, 2.75) is 45.3 Å². The van der Waals surface area contributed by atoms with E-state index in [2.05, 4.69) is 36.6 Å². The number of nitrogens with one attached hydrogen (secondary N) is 4. The monoisotopic (exact) mass is 512 g/mol. The van der Waals surface area contributed by atoms with E-state index in [1.54, 1.807) is 25.1 Å². The van der Waals surface area contributed by atoms with Gasteiger partial charge in [-0.2, -0.15) is 5.21 Å². The molecule has 14 heteroatoms. The summed E-state index contributed by atoms with van der Waals surface area (Å²) in [5, 5.41) is 29.7. The van der Waals surface area contributed by atoms with E-state index in [1.165, 1.54) is 4.90 Å². The lowest BCUT2D eigenvalue weighted by Gasteiger charge is -2.26. The number of aliphatic carboxylic acids is 1. The molecule has 3 atom stereocenters. The Morgan fingerprint density at radius 1 is 1.19 bits per heavy atom. The van der Waals surface area contributed by atoms with Gasteiger partial charge in [0.05, 0.1) is 13.1 Å². The molecule has 0 saturated heterocycles. The average molecular weight is 513 g/mol. The Morgan fingerprint density at radius 2 is 1.95 bits per heavy atom. The molecule has 0 spiro atoms. The van der Waals surface area contributed by atoms with Crippen LogP contribution in [0.1, 0.15) is 31.7 Å². The maximum atomic E-state index is 13.2. The number of carbonyl (C=O) groups excluding carboxylic acids is 4. The Kier molecular flexibility index (Phi) is 9.02. The third kappa shape index (κ3) is 6.96.